The van der Waals surface area contributed by atoms with E-state index in [1.807, 2.05) is 18.2 Å². The van der Waals surface area contributed by atoms with Crippen LogP contribution < -0.4 is 14.8 Å². The number of thiazole rings is 1. The summed E-state index contributed by atoms with van der Waals surface area (Å²) in [6.07, 6.45) is 1.07. The highest BCUT2D eigenvalue weighted by molar-refractivity contribution is 7.92. The molecule has 2 N–H and O–H groups in total. The van der Waals surface area contributed by atoms with Crippen LogP contribution in [0.2, 0.25) is 0 Å². The van der Waals surface area contributed by atoms with Crippen molar-refractivity contribution in [3.63, 3.8) is 0 Å². The van der Waals surface area contributed by atoms with Gasteiger partial charge in [-0.3, -0.25) is 9.52 Å². The normalized spacial score (nSPS) is 11.2. The number of benzene rings is 2. The van der Waals surface area contributed by atoms with Crippen molar-refractivity contribution >= 4 is 48.3 Å². The lowest BCUT2D eigenvalue weighted by Gasteiger charge is -2.07. The molecule has 0 saturated heterocycles. The number of sulfonamides is 1. The molecule has 0 atom stereocenters. The molecule has 1 heterocycles. The Morgan fingerprint density at radius 2 is 1.96 bits per heavy atom. The minimum absolute atomic E-state index is 0.106. The molecule has 130 valence electrons. The van der Waals surface area contributed by atoms with Gasteiger partial charge in [0.25, 0.3) is 5.91 Å². The summed E-state index contributed by atoms with van der Waals surface area (Å²) in [4.78, 5) is 16.2. The second-order valence-electron chi connectivity index (χ2n) is 5.23. The fraction of sp³-hybridized carbons (Fsp3) is 0.125. The van der Waals surface area contributed by atoms with Gasteiger partial charge in [0.1, 0.15) is 5.75 Å². The van der Waals surface area contributed by atoms with E-state index in [1.165, 1.54) is 11.3 Å². The Hall–Kier alpha value is -2.65. The van der Waals surface area contributed by atoms with Crippen molar-refractivity contribution in [2.24, 2.45) is 0 Å². The van der Waals surface area contributed by atoms with E-state index in [2.05, 4.69) is 15.0 Å². The molecule has 2 aromatic carbocycles. The molecule has 0 bridgehead atoms. The molecule has 0 aliphatic carbocycles. The quantitative estimate of drug-likeness (QED) is 0.688. The monoisotopic (exact) mass is 377 g/mol. The zero-order valence-corrected chi connectivity index (χ0v) is 14.9. The minimum atomic E-state index is -3.38. The van der Waals surface area contributed by atoms with Crippen LogP contribution in [-0.4, -0.2) is 32.2 Å². The zero-order chi connectivity index (χ0) is 17.9. The summed E-state index contributed by atoms with van der Waals surface area (Å²) in [6.45, 7) is -0.106. The topological polar surface area (TPSA) is 97.4 Å². The van der Waals surface area contributed by atoms with E-state index in [0.29, 0.717) is 17.0 Å². The van der Waals surface area contributed by atoms with Crippen LogP contribution in [0.3, 0.4) is 0 Å². The smallest absolute Gasteiger partial charge is 0.262 e. The van der Waals surface area contributed by atoms with E-state index in [-0.39, 0.29) is 17.6 Å². The molecule has 0 unspecified atom stereocenters. The largest absolute Gasteiger partial charge is 0.484 e. The van der Waals surface area contributed by atoms with E-state index in [4.69, 9.17) is 4.74 Å². The standard InChI is InChI=1S/C16H15N3O4S2/c1-25(21,22)19-16-18-13-8-7-11(9-14(13)24-16)17-15(20)10-23-12-5-3-2-4-6-12/h2-9H,10H2,1H3,(H,17,20)(H,18,19). The van der Waals surface area contributed by atoms with Crippen LogP contribution in [0.15, 0.2) is 48.5 Å². The van der Waals surface area contributed by atoms with Gasteiger partial charge in [0.05, 0.1) is 16.5 Å². The SMILES string of the molecule is CS(=O)(=O)Nc1nc2ccc(NC(=O)COc3ccccc3)cc2s1. The third-order valence-corrected chi connectivity index (χ3v) is 4.68. The van der Waals surface area contributed by atoms with Gasteiger partial charge in [-0.1, -0.05) is 29.5 Å². The molecular formula is C16H15N3O4S2. The molecule has 1 amide bonds. The van der Waals surface area contributed by atoms with Crippen molar-refractivity contribution < 1.29 is 17.9 Å². The maximum Gasteiger partial charge on any atom is 0.262 e. The molecule has 3 rings (SSSR count). The zero-order valence-electron chi connectivity index (χ0n) is 13.2. The third kappa shape index (κ3) is 4.91. The van der Waals surface area contributed by atoms with Gasteiger partial charge in [-0.05, 0) is 30.3 Å². The Kier molecular flexibility index (Phi) is 4.86. The number of nitrogens with one attached hydrogen (secondary N) is 2. The Bertz CT molecular complexity index is 1000. The number of nitrogens with zero attached hydrogens (tertiary/aromatic N) is 1. The first-order chi connectivity index (χ1) is 11.9. The number of amides is 1. The van der Waals surface area contributed by atoms with Crippen molar-refractivity contribution in [2.45, 2.75) is 0 Å². The summed E-state index contributed by atoms with van der Waals surface area (Å²) in [5.74, 6) is 0.328. The Morgan fingerprint density at radius 3 is 2.68 bits per heavy atom. The van der Waals surface area contributed by atoms with E-state index >= 15 is 0 Å². The molecule has 1 aromatic heterocycles. The number of ether oxygens (including phenoxy) is 1. The average molecular weight is 377 g/mol. The van der Waals surface area contributed by atoms with Crippen LogP contribution in [0.4, 0.5) is 10.8 Å². The molecule has 25 heavy (non-hydrogen) atoms. The van der Waals surface area contributed by atoms with Gasteiger partial charge in [-0.2, -0.15) is 0 Å². The Balaban J connectivity index is 1.66. The minimum Gasteiger partial charge on any atom is -0.484 e. The molecule has 0 radical (unpaired) electrons. The fourth-order valence-electron chi connectivity index (χ4n) is 2.07. The predicted molar refractivity (Wildman–Crippen MR) is 98.7 cm³/mol. The lowest BCUT2D eigenvalue weighted by Crippen LogP contribution is -2.20. The number of para-hydroxylation sites is 1. The van der Waals surface area contributed by atoms with E-state index in [9.17, 15) is 13.2 Å². The van der Waals surface area contributed by atoms with Crippen LogP contribution in [0.1, 0.15) is 0 Å². The van der Waals surface area contributed by atoms with Crippen molar-refractivity contribution in [3.05, 3.63) is 48.5 Å². The van der Waals surface area contributed by atoms with Crippen molar-refractivity contribution in [1.29, 1.82) is 0 Å². The van der Waals surface area contributed by atoms with Crippen LogP contribution >= 0.6 is 11.3 Å². The first kappa shape index (κ1) is 17.2. The number of hydrogen-bond donors (Lipinski definition) is 2. The molecule has 0 aliphatic rings. The van der Waals surface area contributed by atoms with Crippen molar-refractivity contribution in [1.82, 2.24) is 4.98 Å². The highest BCUT2D eigenvalue weighted by atomic mass is 32.2. The molecule has 3 aromatic rings. The molecular weight excluding hydrogens is 362 g/mol. The summed E-state index contributed by atoms with van der Waals surface area (Å²) in [6, 6.07) is 14.2. The maximum atomic E-state index is 12.0. The van der Waals surface area contributed by atoms with Gasteiger partial charge in [0, 0.05) is 5.69 Å². The Morgan fingerprint density at radius 1 is 1.20 bits per heavy atom. The highest BCUT2D eigenvalue weighted by Crippen LogP contribution is 2.28. The van der Waals surface area contributed by atoms with E-state index in [1.54, 1.807) is 30.3 Å². The molecule has 0 spiro atoms. The number of fused-ring (bicyclic) bond motifs is 1. The molecule has 9 heteroatoms. The molecule has 7 nitrogen and oxygen atoms in total. The average Bonchev–Trinajstić information content (AvgIpc) is 2.93. The van der Waals surface area contributed by atoms with Gasteiger partial charge in [0.2, 0.25) is 10.0 Å². The summed E-state index contributed by atoms with van der Waals surface area (Å²) in [5, 5.41) is 3.02. The maximum absolute atomic E-state index is 12.0. The predicted octanol–water partition coefficient (Wildman–Crippen LogP) is 2.69. The van der Waals surface area contributed by atoms with Crippen LogP contribution in [0.5, 0.6) is 5.75 Å². The number of carbonyl (C=O) groups excluding carboxylic acids is 1. The van der Waals surface area contributed by atoms with Gasteiger partial charge in [0.15, 0.2) is 11.7 Å². The lowest BCUT2D eigenvalue weighted by molar-refractivity contribution is -0.118. The fourth-order valence-corrected chi connectivity index (χ4v) is 3.81. The number of hydrogen-bond acceptors (Lipinski definition) is 6. The lowest BCUT2D eigenvalue weighted by atomic mass is 10.3. The van der Waals surface area contributed by atoms with Gasteiger partial charge < -0.3 is 10.1 Å². The van der Waals surface area contributed by atoms with Gasteiger partial charge in [-0.25, -0.2) is 13.4 Å². The second kappa shape index (κ2) is 7.08. The highest BCUT2D eigenvalue weighted by Gasteiger charge is 2.10. The second-order valence-corrected chi connectivity index (χ2v) is 8.00. The van der Waals surface area contributed by atoms with E-state index < -0.39 is 10.0 Å². The van der Waals surface area contributed by atoms with Crippen molar-refractivity contribution in [2.75, 3.05) is 22.9 Å². The molecule has 0 aliphatic heterocycles. The summed E-state index contributed by atoms with van der Waals surface area (Å²) in [7, 11) is -3.38. The molecule has 0 saturated carbocycles. The number of aromatic nitrogens is 1. The first-order valence-corrected chi connectivity index (χ1v) is 9.96. The third-order valence-electron chi connectivity index (χ3n) is 3.06. The van der Waals surface area contributed by atoms with E-state index in [0.717, 1.165) is 11.0 Å². The molecule has 0 fully saturated rings. The van der Waals surface area contributed by atoms with Gasteiger partial charge >= 0.3 is 0 Å². The van der Waals surface area contributed by atoms with Crippen LogP contribution in [-0.2, 0) is 14.8 Å². The van der Waals surface area contributed by atoms with Gasteiger partial charge in [-0.15, -0.1) is 0 Å². The first-order valence-electron chi connectivity index (χ1n) is 7.25. The number of rotatable bonds is 6. The van der Waals surface area contributed by atoms with Crippen LogP contribution in [0.25, 0.3) is 10.2 Å². The van der Waals surface area contributed by atoms with Crippen molar-refractivity contribution in [3.8, 4) is 5.75 Å². The Labute approximate surface area is 148 Å². The number of anilines is 2. The number of carbonyl (C=O) groups is 1. The van der Waals surface area contributed by atoms with Crippen LogP contribution in [0, 0.1) is 0 Å². The summed E-state index contributed by atoms with van der Waals surface area (Å²) >= 11 is 1.19. The summed E-state index contributed by atoms with van der Waals surface area (Å²) in [5.41, 5.74) is 1.23. The summed E-state index contributed by atoms with van der Waals surface area (Å²) < 4.78 is 31.0.